The number of carbonyl (C=O) groups is 2. The van der Waals surface area contributed by atoms with Gasteiger partial charge in [0.15, 0.2) is 5.78 Å². The van der Waals surface area contributed by atoms with Gasteiger partial charge in [-0.15, -0.1) is 0 Å². The minimum Gasteiger partial charge on any atom is -0.299 e. The van der Waals surface area contributed by atoms with E-state index in [2.05, 4.69) is 0 Å². The van der Waals surface area contributed by atoms with Crippen LogP contribution in [-0.2, 0) is 4.79 Å². The minimum absolute atomic E-state index is 0.0198. The third kappa shape index (κ3) is 1.72. The van der Waals surface area contributed by atoms with Gasteiger partial charge in [-0.3, -0.25) is 9.59 Å². The van der Waals surface area contributed by atoms with E-state index in [0.717, 1.165) is 11.1 Å². The maximum absolute atomic E-state index is 12.5. The number of hydrogen-bond donors (Lipinski definition) is 0. The zero-order valence-electron chi connectivity index (χ0n) is 10.7. The second-order valence-electron chi connectivity index (χ2n) is 4.76. The van der Waals surface area contributed by atoms with Gasteiger partial charge >= 0.3 is 0 Å². The van der Waals surface area contributed by atoms with Crippen molar-refractivity contribution < 1.29 is 9.59 Å². The highest BCUT2D eigenvalue weighted by molar-refractivity contribution is 6.15. The lowest BCUT2D eigenvalue weighted by atomic mass is 9.75. The van der Waals surface area contributed by atoms with E-state index in [4.69, 9.17) is 0 Å². The van der Waals surface area contributed by atoms with Crippen LogP contribution in [0.2, 0.25) is 0 Å². The minimum atomic E-state index is -0.296. The van der Waals surface area contributed by atoms with Crippen LogP contribution in [-0.4, -0.2) is 11.6 Å². The molecule has 1 aliphatic rings. The van der Waals surface area contributed by atoms with Gasteiger partial charge < -0.3 is 0 Å². The molecule has 2 nitrogen and oxygen atoms in total. The number of carbonyl (C=O) groups excluding carboxylic acids is 2. The first-order valence-electron chi connectivity index (χ1n) is 6.49. The maximum atomic E-state index is 12.5. The summed E-state index contributed by atoms with van der Waals surface area (Å²) in [6, 6.07) is 14.9. The highest BCUT2D eigenvalue weighted by atomic mass is 16.1. The second kappa shape index (κ2) is 4.47. The summed E-state index contributed by atoms with van der Waals surface area (Å²) >= 11 is 0. The Balaban J connectivity index is 2.29. The maximum Gasteiger partial charge on any atom is 0.193 e. The normalized spacial score (nSPS) is 13.8. The zero-order chi connectivity index (χ0) is 13.4. The monoisotopic (exact) mass is 250 g/mol. The third-order valence-corrected chi connectivity index (χ3v) is 3.70. The molecule has 0 aromatic heterocycles. The van der Waals surface area contributed by atoms with Gasteiger partial charge in [0.05, 0.1) is 5.92 Å². The van der Waals surface area contributed by atoms with Crippen LogP contribution < -0.4 is 0 Å². The van der Waals surface area contributed by atoms with E-state index in [-0.39, 0.29) is 17.5 Å². The predicted octanol–water partition coefficient (Wildman–Crippen LogP) is 3.34. The summed E-state index contributed by atoms with van der Waals surface area (Å²) in [6.07, 6.45) is 0.474. The fourth-order valence-electron chi connectivity index (χ4n) is 2.77. The topological polar surface area (TPSA) is 34.1 Å². The van der Waals surface area contributed by atoms with Crippen LogP contribution in [0.1, 0.15) is 46.3 Å². The van der Waals surface area contributed by atoms with Crippen LogP contribution in [0.15, 0.2) is 48.5 Å². The third-order valence-electron chi connectivity index (χ3n) is 3.70. The Morgan fingerprint density at radius 3 is 1.89 bits per heavy atom. The molecule has 19 heavy (non-hydrogen) atoms. The van der Waals surface area contributed by atoms with Crippen molar-refractivity contribution >= 4 is 11.6 Å². The Morgan fingerprint density at radius 1 is 0.947 bits per heavy atom. The quantitative estimate of drug-likeness (QED) is 0.819. The lowest BCUT2D eigenvalue weighted by molar-refractivity contribution is -0.119. The van der Waals surface area contributed by atoms with Crippen LogP contribution in [0.25, 0.3) is 0 Å². The Bertz CT molecular complexity index is 621. The van der Waals surface area contributed by atoms with Crippen LogP contribution in [0.4, 0.5) is 0 Å². The molecule has 0 N–H and O–H groups in total. The first-order chi connectivity index (χ1) is 9.24. The molecule has 2 aromatic rings. The van der Waals surface area contributed by atoms with Crippen LogP contribution in [0.5, 0.6) is 0 Å². The zero-order valence-corrected chi connectivity index (χ0v) is 10.7. The van der Waals surface area contributed by atoms with Crippen LogP contribution in [0.3, 0.4) is 0 Å². The van der Waals surface area contributed by atoms with Gasteiger partial charge in [0.1, 0.15) is 5.78 Å². The van der Waals surface area contributed by atoms with Gasteiger partial charge in [-0.05, 0) is 11.1 Å². The molecule has 0 fully saturated rings. The summed E-state index contributed by atoms with van der Waals surface area (Å²) in [5.41, 5.74) is 3.01. The molecule has 0 unspecified atom stereocenters. The van der Waals surface area contributed by atoms with Crippen molar-refractivity contribution in [3.8, 4) is 0 Å². The van der Waals surface area contributed by atoms with E-state index in [1.807, 2.05) is 55.5 Å². The Kier molecular flexibility index (Phi) is 2.79. The Morgan fingerprint density at radius 2 is 1.42 bits per heavy atom. The summed E-state index contributed by atoms with van der Waals surface area (Å²) in [5, 5.41) is 0. The van der Waals surface area contributed by atoms with E-state index in [1.54, 1.807) is 0 Å². The molecular formula is C17H14O2. The largest absolute Gasteiger partial charge is 0.299 e. The van der Waals surface area contributed by atoms with Crippen molar-refractivity contribution in [3.63, 3.8) is 0 Å². The van der Waals surface area contributed by atoms with Crippen molar-refractivity contribution in [2.24, 2.45) is 0 Å². The molecule has 94 valence electrons. The summed E-state index contributed by atoms with van der Waals surface area (Å²) in [5.74, 6) is -0.117. The number of hydrogen-bond acceptors (Lipinski definition) is 2. The van der Waals surface area contributed by atoms with Gasteiger partial charge in [-0.1, -0.05) is 55.5 Å². The lowest BCUT2D eigenvalue weighted by Gasteiger charge is -2.26. The highest BCUT2D eigenvalue weighted by Gasteiger charge is 2.33. The molecule has 0 saturated heterocycles. The molecule has 0 saturated carbocycles. The van der Waals surface area contributed by atoms with E-state index >= 15 is 0 Å². The molecule has 0 radical (unpaired) electrons. The molecule has 2 heteroatoms. The molecule has 0 aliphatic heterocycles. The predicted molar refractivity (Wildman–Crippen MR) is 73.5 cm³/mol. The number of Topliss-reactive ketones (excluding diaryl/α,β-unsaturated/α-hetero) is 1. The van der Waals surface area contributed by atoms with Crippen LogP contribution >= 0.6 is 0 Å². The summed E-state index contributed by atoms with van der Waals surface area (Å²) in [6.45, 7) is 1.87. The SMILES string of the molecule is CCC(=O)C1c2ccccc2C(=O)c2ccccc21. The first kappa shape index (κ1) is 11.8. The average Bonchev–Trinajstić information content (AvgIpc) is 2.47. The fourth-order valence-corrected chi connectivity index (χ4v) is 2.77. The van der Waals surface area contributed by atoms with Crippen LogP contribution in [0, 0.1) is 0 Å². The number of ketones is 2. The van der Waals surface area contributed by atoms with Gasteiger partial charge in [-0.2, -0.15) is 0 Å². The summed E-state index contributed by atoms with van der Waals surface area (Å²) in [7, 11) is 0. The molecule has 3 rings (SSSR count). The molecular weight excluding hydrogens is 236 g/mol. The van der Waals surface area contributed by atoms with Crippen molar-refractivity contribution in [3.05, 3.63) is 70.8 Å². The molecule has 2 aromatic carbocycles. The van der Waals surface area contributed by atoms with Gasteiger partial charge in [0.25, 0.3) is 0 Å². The van der Waals surface area contributed by atoms with Gasteiger partial charge in [-0.25, -0.2) is 0 Å². The fraction of sp³-hybridized carbons (Fsp3) is 0.176. The number of rotatable bonds is 2. The summed E-state index contributed by atoms with van der Waals surface area (Å²) in [4.78, 5) is 24.7. The average molecular weight is 250 g/mol. The van der Waals surface area contributed by atoms with E-state index < -0.39 is 0 Å². The first-order valence-corrected chi connectivity index (χ1v) is 6.49. The molecule has 0 spiro atoms. The molecule has 0 bridgehead atoms. The van der Waals surface area contributed by atoms with E-state index in [9.17, 15) is 9.59 Å². The number of benzene rings is 2. The summed E-state index contributed by atoms with van der Waals surface area (Å²) < 4.78 is 0. The van der Waals surface area contributed by atoms with Crippen molar-refractivity contribution in [2.45, 2.75) is 19.3 Å². The number of fused-ring (bicyclic) bond motifs is 2. The molecule has 1 aliphatic carbocycles. The smallest absolute Gasteiger partial charge is 0.193 e. The molecule has 0 atom stereocenters. The second-order valence-corrected chi connectivity index (χ2v) is 4.76. The van der Waals surface area contributed by atoms with Crippen molar-refractivity contribution in [1.82, 2.24) is 0 Å². The van der Waals surface area contributed by atoms with Crippen molar-refractivity contribution in [2.75, 3.05) is 0 Å². The Labute approximate surface area is 112 Å². The molecule has 0 amide bonds. The van der Waals surface area contributed by atoms with Gasteiger partial charge in [0.2, 0.25) is 0 Å². The molecule has 0 heterocycles. The Hall–Kier alpha value is -2.22. The van der Waals surface area contributed by atoms with Crippen molar-refractivity contribution in [1.29, 1.82) is 0 Å². The van der Waals surface area contributed by atoms with E-state index in [1.165, 1.54) is 0 Å². The van der Waals surface area contributed by atoms with Gasteiger partial charge in [0, 0.05) is 17.5 Å². The van der Waals surface area contributed by atoms with E-state index in [0.29, 0.717) is 17.5 Å². The standard InChI is InChI=1S/C17H14O2/c1-2-15(18)16-11-7-3-5-9-13(11)17(19)14-10-6-4-8-12(14)16/h3-10,16H,2H2,1H3. The lowest BCUT2D eigenvalue weighted by Crippen LogP contribution is -2.24. The highest BCUT2D eigenvalue weighted by Crippen LogP contribution is 2.37.